The van der Waals surface area contributed by atoms with Crippen LogP contribution in [-0.4, -0.2) is 23.2 Å². The third-order valence-corrected chi connectivity index (χ3v) is 1.70. The Morgan fingerprint density at radius 1 is 1.77 bits per heavy atom. The van der Waals surface area contributed by atoms with Crippen molar-refractivity contribution in [2.45, 2.75) is 13.5 Å². The number of nitrogens with zero attached hydrogens (tertiary/aromatic N) is 2. The van der Waals surface area contributed by atoms with Crippen molar-refractivity contribution >= 4 is 6.01 Å². The van der Waals surface area contributed by atoms with Crippen LogP contribution < -0.4 is 4.90 Å². The molecule has 72 valence electrons. The van der Waals surface area contributed by atoms with Crippen LogP contribution in [-0.2, 0) is 6.61 Å². The van der Waals surface area contributed by atoms with Gasteiger partial charge in [-0.2, -0.15) is 4.98 Å². The zero-order chi connectivity index (χ0) is 9.68. The van der Waals surface area contributed by atoms with Crippen molar-refractivity contribution in [1.82, 2.24) is 4.98 Å². The zero-order valence-electron chi connectivity index (χ0n) is 7.73. The van der Waals surface area contributed by atoms with E-state index >= 15 is 0 Å². The molecule has 0 spiro atoms. The average molecular weight is 182 g/mol. The van der Waals surface area contributed by atoms with E-state index in [4.69, 9.17) is 9.52 Å². The third kappa shape index (κ3) is 2.32. The summed E-state index contributed by atoms with van der Waals surface area (Å²) in [5, 5.41) is 8.77. The van der Waals surface area contributed by atoms with Gasteiger partial charge in [-0.1, -0.05) is 6.08 Å². The highest BCUT2D eigenvalue weighted by Crippen LogP contribution is 2.12. The predicted molar refractivity (Wildman–Crippen MR) is 50.5 cm³/mol. The van der Waals surface area contributed by atoms with Gasteiger partial charge in [0.05, 0.1) is 6.61 Å². The van der Waals surface area contributed by atoms with Gasteiger partial charge in [0.15, 0.2) is 0 Å². The van der Waals surface area contributed by atoms with E-state index in [1.165, 1.54) is 6.26 Å². The standard InChI is InChI=1S/C9H14N2O2/c1-3-5-11(4-2)9-10-8(6-12)7-13-9/h3,7,12H,1,4-6H2,2H3. The Morgan fingerprint density at radius 2 is 2.54 bits per heavy atom. The number of anilines is 1. The highest BCUT2D eigenvalue weighted by atomic mass is 16.4. The molecule has 1 rings (SSSR count). The van der Waals surface area contributed by atoms with E-state index in [0.29, 0.717) is 18.3 Å². The SMILES string of the molecule is C=CCN(CC)c1nc(CO)co1. The van der Waals surface area contributed by atoms with Gasteiger partial charge in [0, 0.05) is 13.1 Å². The van der Waals surface area contributed by atoms with Crippen molar-refractivity contribution in [3.8, 4) is 0 Å². The lowest BCUT2D eigenvalue weighted by molar-refractivity contribution is 0.276. The Kier molecular flexibility index (Phi) is 3.52. The molecule has 0 aromatic carbocycles. The monoisotopic (exact) mass is 182 g/mol. The van der Waals surface area contributed by atoms with Crippen molar-refractivity contribution < 1.29 is 9.52 Å². The number of hydrogen-bond acceptors (Lipinski definition) is 4. The first-order chi connectivity index (χ1) is 6.31. The minimum absolute atomic E-state index is 0.0882. The summed E-state index contributed by atoms with van der Waals surface area (Å²) in [4.78, 5) is 6.00. The molecule has 0 fully saturated rings. The van der Waals surface area contributed by atoms with Crippen LogP contribution in [0.4, 0.5) is 6.01 Å². The van der Waals surface area contributed by atoms with E-state index in [2.05, 4.69) is 11.6 Å². The molecule has 0 unspecified atom stereocenters. The van der Waals surface area contributed by atoms with Crippen LogP contribution in [0.15, 0.2) is 23.3 Å². The maximum Gasteiger partial charge on any atom is 0.297 e. The Hall–Kier alpha value is -1.29. The molecule has 0 amide bonds. The normalized spacial score (nSPS) is 10.0. The minimum atomic E-state index is -0.0882. The summed E-state index contributed by atoms with van der Waals surface area (Å²) in [5.74, 6) is 0. The molecule has 1 heterocycles. The fraction of sp³-hybridized carbons (Fsp3) is 0.444. The Bertz CT molecular complexity index is 270. The number of rotatable bonds is 5. The maximum atomic E-state index is 8.77. The number of aliphatic hydroxyl groups excluding tert-OH is 1. The summed E-state index contributed by atoms with van der Waals surface area (Å²) >= 11 is 0. The maximum absolute atomic E-state index is 8.77. The molecular formula is C9H14N2O2. The molecule has 4 heteroatoms. The molecule has 1 N–H and O–H groups in total. The molecule has 0 atom stereocenters. The van der Waals surface area contributed by atoms with Crippen molar-refractivity contribution in [3.63, 3.8) is 0 Å². The predicted octanol–water partition coefficient (Wildman–Crippen LogP) is 1.18. The second-order valence-corrected chi connectivity index (χ2v) is 2.61. The average Bonchev–Trinajstić information content (AvgIpc) is 2.62. The molecule has 13 heavy (non-hydrogen) atoms. The number of aromatic nitrogens is 1. The van der Waals surface area contributed by atoms with E-state index in [0.717, 1.165) is 6.54 Å². The number of likely N-dealkylation sites (N-methyl/N-ethyl adjacent to an activating group) is 1. The van der Waals surface area contributed by atoms with Gasteiger partial charge in [0.2, 0.25) is 0 Å². The van der Waals surface area contributed by atoms with Gasteiger partial charge in [-0.15, -0.1) is 6.58 Å². The summed E-state index contributed by atoms with van der Waals surface area (Å²) in [6.45, 7) is 7.06. The number of oxazole rings is 1. The van der Waals surface area contributed by atoms with Crippen molar-refractivity contribution in [1.29, 1.82) is 0 Å². The molecular weight excluding hydrogens is 168 g/mol. The van der Waals surface area contributed by atoms with Crippen molar-refractivity contribution in [2.75, 3.05) is 18.0 Å². The van der Waals surface area contributed by atoms with E-state index in [9.17, 15) is 0 Å². The van der Waals surface area contributed by atoms with Gasteiger partial charge < -0.3 is 14.4 Å². The molecule has 0 aliphatic carbocycles. The van der Waals surface area contributed by atoms with E-state index in [1.807, 2.05) is 11.8 Å². The molecule has 1 aromatic heterocycles. The van der Waals surface area contributed by atoms with Crippen LogP contribution in [0.1, 0.15) is 12.6 Å². The summed E-state index contributed by atoms with van der Waals surface area (Å²) in [6, 6.07) is 0.534. The summed E-state index contributed by atoms with van der Waals surface area (Å²) in [5.41, 5.74) is 0.553. The summed E-state index contributed by atoms with van der Waals surface area (Å²) < 4.78 is 5.17. The summed E-state index contributed by atoms with van der Waals surface area (Å²) in [6.07, 6.45) is 3.24. The first-order valence-corrected chi connectivity index (χ1v) is 4.23. The molecule has 0 saturated heterocycles. The number of hydrogen-bond donors (Lipinski definition) is 1. The van der Waals surface area contributed by atoms with E-state index < -0.39 is 0 Å². The lowest BCUT2D eigenvalue weighted by Gasteiger charge is -2.15. The van der Waals surface area contributed by atoms with Crippen molar-refractivity contribution in [3.05, 3.63) is 24.6 Å². The van der Waals surface area contributed by atoms with Gasteiger partial charge >= 0.3 is 0 Å². The van der Waals surface area contributed by atoms with Gasteiger partial charge in [-0.25, -0.2) is 0 Å². The van der Waals surface area contributed by atoms with Gasteiger partial charge in [0.1, 0.15) is 12.0 Å². The summed E-state index contributed by atoms with van der Waals surface area (Å²) in [7, 11) is 0. The van der Waals surface area contributed by atoms with Gasteiger partial charge in [-0.05, 0) is 6.92 Å². The fourth-order valence-electron chi connectivity index (χ4n) is 1.01. The highest BCUT2D eigenvalue weighted by molar-refractivity contribution is 5.27. The second-order valence-electron chi connectivity index (χ2n) is 2.61. The largest absolute Gasteiger partial charge is 0.432 e. The molecule has 0 radical (unpaired) electrons. The first kappa shape index (κ1) is 9.80. The van der Waals surface area contributed by atoms with Crippen LogP contribution in [0.25, 0.3) is 0 Å². The molecule has 0 bridgehead atoms. The number of aliphatic hydroxyl groups is 1. The molecule has 4 nitrogen and oxygen atoms in total. The molecule has 0 aliphatic rings. The Balaban J connectivity index is 2.72. The van der Waals surface area contributed by atoms with Crippen LogP contribution >= 0.6 is 0 Å². The van der Waals surface area contributed by atoms with Crippen LogP contribution in [0.2, 0.25) is 0 Å². The third-order valence-electron chi connectivity index (χ3n) is 1.70. The highest BCUT2D eigenvalue weighted by Gasteiger charge is 2.08. The topological polar surface area (TPSA) is 49.5 Å². The molecule has 1 aromatic rings. The first-order valence-electron chi connectivity index (χ1n) is 4.23. The van der Waals surface area contributed by atoms with E-state index in [1.54, 1.807) is 6.08 Å². The van der Waals surface area contributed by atoms with Crippen LogP contribution in [0.3, 0.4) is 0 Å². The van der Waals surface area contributed by atoms with Gasteiger partial charge in [0.25, 0.3) is 6.01 Å². The molecule has 0 saturated carbocycles. The van der Waals surface area contributed by atoms with Crippen LogP contribution in [0, 0.1) is 0 Å². The Morgan fingerprint density at radius 3 is 3.00 bits per heavy atom. The smallest absolute Gasteiger partial charge is 0.297 e. The lowest BCUT2D eigenvalue weighted by Crippen LogP contribution is -2.22. The lowest BCUT2D eigenvalue weighted by atomic mass is 10.5. The van der Waals surface area contributed by atoms with Crippen LogP contribution in [0.5, 0.6) is 0 Å². The fourth-order valence-corrected chi connectivity index (χ4v) is 1.01. The quantitative estimate of drug-likeness (QED) is 0.695. The molecule has 0 aliphatic heterocycles. The Labute approximate surface area is 77.5 Å². The van der Waals surface area contributed by atoms with Gasteiger partial charge in [-0.3, -0.25) is 0 Å². The zero-order valence-corrected chi connectivity index (χ0v) is 7.73. The minimum Gasteiger partial charge on any atom is -0.432 e. The van der Waals surface area contributed by atoms with E-state index in [-0.39, 0.29) is 6.61 Å². The second kappa shape index (κ2) is 4.67. The van der Waals surface area contributed by atoms with Crippen molar-refractivity contribution in [2.24, 2.45) is 0 Å².